The summed E-state index contributed by atoms with van der Waals surface area (Å²) in [5, 5.41) is 17.8. The number of hydrogen-bond acceptors (Lipinski definition) is 3. The van der Waals surface area contributed by atoms with Gasteiger partial charge in [-0.15, -0.1) is 0 Å². The molecule has 48 valence electrons. The first-order chi connectivity index (χ1) is 4.22. The number of amides is 1. The van der Waals surface area contributed by atoms with Crippen molar-refractivity contribution in [1.29, 1.82) is 5.26 Å². The normalized spacial score (nSPS) is 11.0. The standard InChI is InChI=1S/C4H4N2O3/c5-1-3(4(8)9)6-2-7/h2-3H,(H,6,7)(H,8,9)/t3-/m0/s1. The van der Waals surface area contributed by atoms with E-state index in [1.165, 1.54) is 6.07 Å². The maximum Gasteiger partial charge on any atom is 0.341 e. The molecular formula is C4H4N2O3. The van der Waals surface area contributed by atoms with E-state index in [0.29, 0.717) is 0 Å². The van der Waals surface area contributed by atoms with Crippen LogP contribution in [0.25, 0.3) is 0 Å². The highest BCUT2D eigenvalue weighted by Gasteiger charge is 2.13. The van der Waals surface area contributed by atoms with Crippen molar-refractivity contribution in [1.82, 2.24) is 5.32 Å². The molecule has 1 atom stereocenters. The van der Waals surface area contributed by atoms with Crippen molar-refractivity contribution in [2.45, 2.75) is 6.04 Å². The third-order valence-corrected chi connectivity index (χ3v) is 0.611. The Balaban J connectivity index is 3.86. The minimum atomic E-state index is -1.43. The summed E-state index contributed by atoms with van der Waals surface area (Å²) in [5.74, 6) is -1.36. The second-order valence-corrected chi connectivity index (χ2v) is 1.18. The average molecular weight is 128 g/mol. The van der Waals surface area contributed by atoms with Crippen molar-refractivity contribution >= 4 is 12.4 Å². The lowest BCUT2D eigenvalue weighted by atomic mass is 10.3. The summed E-state index contributed by atoms with van der Waals surface area (Å²) >= 11 is 0. The Bertz CT molecular complexity index is 160. The molecule has 2 N–H and O–H groups in total. The number of carboxylic acid groups (broad SMARTS) is 1. The van der Waals surface area contributed by atoms with Crippen LogP contribution in [0.2, 0.25) is 0 Å². The van der Waals surface area contributed by atoms with Gasteiger partial charge in [0.1, 0.15) is 0 Å². The maximum absolute atomic E-state index is 9.88. The molecular weight excluding hydrogens is 124 g/mol. The summed E-state index contributed by atoms with van der Waals surface area (Å²) in [4.78, 5) is 19.4. The molecule has 0 aliphatic rings. The van der Waals surface area contributed by atoms with E-state index in [9.17, 15) is 9.59 Å². The Morgan fingerprint density at radius 1 is 1.89 bits per heavy atom. The van der Waals surface area contributed by atoms with Gasteiger partial charge < -0.3 is 10.4 Å². The van der Waals surface area contributed by atoms with Crippen LogP contribution >= 0.6 is 0 Å². The first-order valence-electron chi connectivity index (χ1n) is 2.04. The van der Waals surface area contributed by atoms with Gasteiger partial charge in [0.25, 0.3) is 0 Å². The minimum absolute atomic E-state index is 0.169. The molecule has 0 heterocycles. The number of rotatable bonds is 3. The van der Waals surface area contributed by atoms with Crippen molar-refractivity contribution < 1.29 is 14.7 Å². The van der Waals surface area contributed by atoms with Gasteiger partial charge in [-0.25, -0.2) is 4.79 Å². The van der Waals surface area contributed by atoms with Gasteiger partial charge in [-0.1, -0.05) is 0 Å². The number of carbonyl (C=O) groups is 2. The molecule has 0 fully saturated rings. The van der Waals surface area contributed by atoms with Gasteiger partial charge in [0.2, 0.25) is 12.5 Å². The van der Waals surface area contributed by atoms with E-state index in [4.69, 9.17) is 10.4 Å². The highest BCUT2D eigenvalue weighted by atomic mass is 16.4. The Kier molecular flexibility index (Phi) is 2.84. The molecule has 1 amide bonds. The predicted octanol–water partition coefficient (Wildman–Crippen LogP) is -1.29. The zero-order valence-electron chi connectivity index (χ0n) is 4.37. The van der Waals surface area contributed by atoms with E-state index in [-0.39, 0.29) is 6.41 Å². The van der Waals surface area contributed by atoms with E-state index in [1.807, 2.05) is 0 Å². The largest absolute Gasteiger partial charge is 0.479 e. The van der Waals surface area contributed by atoms with Crippen molar-refractivity contribution in [3.05, 3.63) is 0 Å². The zero-order chi connectivity index (χ0) is 7.28. The van der Waals surface area contributed by atoms with E-state index in [0.717, 1.165) is 0 Å². The second kappa shape index (κ2) is 3.43. The molecule has 0 aliphatic carbocycles. The van der Waals surface area contributed by atoms with Gasteiger partial charge in [0.15, 0.2) is 0 Å². The van der Waals surface area contributed by atoms with Crippen molar-refractivity contribution in [3.63, 3.8) is 0 Å². The summed E-state index contributed by atoms with van der Waals surface area (Å²) < 4.78 is 0. The Morgan fingerprint density at radius 2 is 2.44 bits per heavy atom. The molecule has 0 saturated heterocycles. The fourth-order valence-electron chi connectivity index (χ4n) is 0.232. The van der Waals surface area contributed by atoms with Crippen LogP contribution in [0, 0.1) is 11.3 Å². The number of nitrogens with zero attached hydrogens (tertiary/aromatic N) is 1. The lowest BCUT2D eigenvalue weighted by Gasteiger charge is -1.97. The molecule has 0 bridgehead atoms. The van der Waals surface area contributed by atoms with Gasteiger partial charge in [-0.05, 0) is 0 Å². The molecule has 5 nitrogen and oxygen atoms in total. The van der Waals surface area contributed by atoms with Gasteiger partial charge >= 0.3 is 5.97 Å². The second-order valence-electron chi connectivity index (χ2n) is 1.18. The fraction of sp³-hybridized carbons (Fsp3) is 0.250. The van der Waals surface area contributed by atoms with Crippen LogP contribution in [-0.4, -0.2) is 23.5 Å². The lowest BCUT2D eigenvalue weighted by molar-refractivity contribution is -0.138. The number of carbonyl (C=O) groups excluding carboxylic acids is 1. The monoisotopic (exact) mass is 128 g/mol. The number of nitriles is 1. The Labute approximate surface area is 50.9 Å². The van der Waals surface area contributed by atoms with Crippen molar-refractivity contribution in [2.24, 2.45) is 0 Å². The minimum Gasteiger partial charge on any atom is -0.479 e. The molecule has 0 rings (SSSR count). The highest BCUT2D eigenvalue weighted by molar-refractivity contribution is 5.79. The molecule has 0 aromatic heterocycles. The average Bonchev–Trinajstić information content (AvgIpc) is 1.82. The maximum atomic E-state index is 9.88. The lowest BCUT2D eigenvalue weighted by Crippen LogP contribution is -2.33. The number of nitrogens with one attached hydrogen (secondary N) is 1. The highest BCUT2D eigenvalue weighted by Crippen LogP contribution is 1.75. The molecule has 9 heavy (non-hydrogen) atoms. The molecule has 0 saturated carbocycles. The molecule has 0 radical (unpaired) electrons. The zero-order valence-corrected chi connectivity index (χ0v) is 4.37. The van der Waals surface area contributed by atoms with Crippen LogP contribution in [0.5, 0.6) is 0 Å². The number of carboxylic acids is 1. The summed E-state index contributed by atoms with van der Waals surface area (Å²) in [6.07, 6.45) is 0.169. The van der Waals surface area contributed by atoms with Crippen molar-refractivity contribution in [2.75, 3.05) is 0 Å². The summed E-state index contributed by atoms with van der Waals surface area (Å²) in [6.45, 7) is 0. The molecule has 0 aliphatic heterocycles. The Hall–Kier alpha value is -1.57. The fourth-order valence-corrected chi connectivity index (χ4v) is 0.232. The molecule has 0 aromatic rings. The Morgan fingerprint density at radius 3 is 2.56 bits per heavy atom. The van der Waals surface area contributed by atoms with Crippen LogP contribution in [0.4, 0.5) is 0 Å². The van der Waals surface area contributed by atoms with E-state index >= 15 is 0 Å². The number of aliphatic carboxylic acids is 1. The molecule has 0 aromatic carbocycles. The van der Waals surface area contributed by atoms with E-state index in [2.05, 4.69) is 0 Å². The smallest absolute Gasteiger partial charge is 0.341 e. The van der Waals surface area contributed by atoms with Gasteiger partial charge in [-0.2, -0.15) is 5.26 Å². The quantitative estimate of drug-likeness (QED) is 0.462. The third kappa shape index (κ3) is 2.29. The first-order valence-corrected chi connectivity index (χ1v) is 2.04. The predicted molar refractivity (Wildman–Crippen MR) is 26.2 cm³/mol. The summed E-state index contributed by atoms with van der Waals surface area (Å²) in [7, 11) is 0. The molecule has 5 heteroatoms. The van der Waals surface area contributed by atoms with Crippen LogP contribution in [0.15, 0.2) is 0 Å². The van der Waals surface area contributed by atoms with Gasteiger partial charge in [0, 0.05) is 0 Å². The summed E-state index contributed by atoms with van der Waals surface area (Å²) in [5.41, 5.74) is 0. The third-order valence-electron chi connectivity index (χ3n) is 0.611. The van der Waals surface area contributed by atoms with Crippen LogP contribution in [-0.2, 0) is 9.59 Å². The van der Waals surface area contributed by atoms with Gasteiger partial charge in [0.05, 0.1) is 6.07 Å². The van der Waals surface area contributed by atoms with E-state index < -0.39 is 12.0 Å². The van der Waals surface area contributed by atoms with Gasteiger partial charge in [-0.3, -0.25) is 4.79 Å². The van der Waals surface area contributed by atoms with Crippen LogP contribution in [0.3, 0.4) is 0 Å². The van der Waals surface area contributed by atoms with Crippen LogP contribution < -0.4 is 5.32 Å². The van der Waals surface area contributed by atoms with Crippen molar-refractivity contribution in [3.8, 4) is 6.07 Å². The topological polar surface area (TPSA) is 90.2 Å². The molecule has 0 unspecified atom stereocenters. The molecule has 0 spiro atoms. The SMILES string of the molecule is N#C[C@H](NC=O)C(=O)O. The first kappa shape index (κ1) is 7.43. The van der Waals surface area contributed by atoms with Crippen LogP contribution in [0.1, 0.15) is 0 Å². The van der Waals surface area contributed by atoms with E-state index in [1.54, 1.807) is 5.32 Å². The number of hydrogen-bond donors (Lipinski definition) is 2. The summed E-state index contributed by atoms with van der Waals surface area (Å²) in [6, 6.07) is -0.0677.